The molecule has 3 aliphatic heterocycles. The van der Waals surface area contributed by atoms with Gasteiger partial charge in [-0.25, -0.2) is 4.79 Å². The average molecular weight is 437 g/mol. The Morgan fingerprint density at radius 3 is 2.48 bits per heavy atom. The standard InChI is InChI=1S/C21H28N4O2S.ClH/c1-21(2,3)24-20(27)22-15-5-4-14-10-18(28-17(14)11-15)19(26)23-16-12-25-8-6-13(16)7-9-25;/h4-5,10-11,13,16H,6-9,12H2,1-3H3,(H,23,26)(H2,22,24,27);1H/t16-;/m0./s1. The van der Waals surface area contributed by atoms with E-state index in [9.17, 15) is 9.59 Å². The van der Waals surface area contributed by atoms with Gasteiger partial charge in [0.25, 0.3) is 5.91 Å². The van der Waals surface area contributed by atoms with Crippen LogP contribution in [0.3, 0.4) is 0 Å². The number of hydrogen-bond acceptors (Lipinski definition) is 4. The SMILES string of the molecule is CC(C)(C)NC(=O)Nc1ccc2cc(C(=O)N[C@H]3CN4CCC3CC4)sc2c1.Cl. The highest BCUT2D eigenvalue weighted by Crippen LogP contribution is 2.30. The third-order valence-corrected chi connectivity index (χ3v) is 6.56. The molecule has 0 radical (unpaired) electrons. The molecule has 0 unspecified atom stereocenters. The minimum absolute atomic E-state index is 0. The Balaban J connectivity index is 0.00000240. The molecule has 158 valence electrons. The Bertz CT molecular complexity index is 900. The molecule has 3 N–H and O–H groups in total. The average Bonchev–Trinajstić information content (AvgIpc) is 3.04. The van der Waals surface area contributed by atoms with Crippen molar-refractivity contribution in [2.24, 2.45) is 5.92 Å². The van der Waals surface area contributed by atoms with Crippen LogP contribution in [0, 0.1) is 5.92 Å². The maximum atomic E-state index is 12.8. The second-order valence-electron chi connectivity index (χ2n) is 8.91. The summed E-state index contributed by atoms with van der Waals surface area (Å²) in [6.07, 6.45) is 2.37. The van der Waals surface area contributed by atoms with Gasteiger partial charge in [0.2, 0.25) is 0 Å². The number of nitrogens with zero attached hydrogens (tertiary/aromatic N) is 1. The number of nitrogens with one attached hydrogen (secondary N) is 3. The van der Waals surface area contributed by atoms with Crippen molar-refractivity contribution in [2.75, 3.05) is 25.0 Å². The Morgan fingerprint density at radius 1 is 1.14 bits per heavy atom. The van der Waals surface area contributed by atoms with Gasteiger partial charge in [-0.3, -0.25) is 4.79 Å². The highest BCUT2D eigenvalue weighted by Gasteiger charge is 2.35. The van der Waals surface area contributed by atoms with Crippen LogP contribution < -0.4 is 16.0 Å². The number of rotatable bonds is 3. The maximum Gasteiger partial charge on any atom is 0.319 e. The molecule has 1 atom stereocenters. The molecule has 3 amide bonds. The summed E-state index contributed by atoms with van der Waals surface area (Å²) >= 11 is 1.47. The summed E-state index contributed by atoms with van der Waals surface area (Å²) in [5.74, 6) is 0.625. The van der Waals surface area contributed by atoms with Crippen molar-refractivity contribution >= 4 is 51.5 Å². The van der Waals surface area contributed by atoms with Gasteiger partial charge in [0.15, 0.2) is 0 Å². The molecule has 3 aliphatic rings. The largest absolute Gasteiger partial charge is 0.347 e. The number of halogens is 1. The molecule has 0 spiro atoms. The van der Waals surface area contributed by atoms with Crippen LogP contribution in [0.5, 0.6) is 0 Å². The summed E-state index contributed by atoms with van der Waals surface area (Å²) in [4.78, 5) is 28.0. The summed E-state index contributed by atoms with van der Waals surface area (Å²) in [5, 5.41) is 10.0. The summed E-state index contributed by atoms with van der Waals surface area (Å²) < 4.78 is 0.993. The smallest absolute Gasteiger partial charge is 0.319 e. The van der Waals surface area contributed by atoms with Gasteiger partial charge in [-0.1, -0.05) is 6.07 Å². The fourth-order valence-electron chi connectivity index (χ4n) is 4.09. The third kappa shape index (κ3) is 5.21. The van der Waals surface area contributed by atoms with Crippen LogP contribution >= 0.6 is 23.7 Å². The van der Waals surface area contributed by atoms with Gasteiger partial charge in [0.1, 0.15) is 0 Å². The van der Waals surface area contributed by atoms with Gasteiger partial charge in [-0.15, -0.1) is 23.7 Å². The number of fused-ring (bicyclic) bond motifs is 4. The van der Waals surface area contributed by atoms with Crippen molar-refractivity contribution < 1.29 is 9.59 Å². The summed E-state index contributed by atoms with van der Waals surface area (Å²) in [6, 6.07) is 7.71. The Kier molecular flexibility index (Phi) is 6.41. The molecule has 1 aromatic carbocycles. The van der Waals surface area contributed by atoms with Crippen molar-refractivity contribution in [3.63, 3.8) is 0 Å². The molecule has 3 saturated heterocycles. The first kappa shape index (κ1) is 21.9. The Morgan fingerprint density at radius 2 is 1.86 bits per heavy atom. The van der Waals surface area contributed by atoms with Gasteiger partial charge in [-0.05, 0) is 76.2 Å². The normalized spacial score (nSPS) is 23.3. The first-order chi connectivity index (χ1) is 13.3. The fraction of sp³-hybridized carbons (Fsp3) is 0.524. The van der Waals surface area contributed by atoms with E-state index in [4.69, 9.17) is 0 Å². The minimum Gasteiger partial charge on any atom is -0.347 e. The van der Waals surface area contributed by atoms with Crippen molar-refractivity contribution in [1.29, 1.82) is 0 Å². The van der Waals surface area contributed by atoms with E-state index in [0.717, 1.165) is 27.2 Å². The molecule has 29 heavy (non-hydrogen) atoms. The zero-order chi connectivity index (χ0) is 19.9. The predicted molar refractivity (Wildman–Crippen MR) is 121 cm³/mol. The fourth-order valence-corrected chi connectivity index (χ4v) is 5.10. The predicted octanol–water partition coefficient (Wildman–Crippen LogP) is 4.07. The lowest BCUT2D eigenvalue weighted by Gasteiger charge is -2.44. The van der Waals surface area contributed by atoms with E-state index < -0.39 is 0 Å². The van der Waals surface area contributed by atoms with Gasteiger partial charge in [-0.2, -0.15) is 0 Å². The molecular weight excluding hydrogens is 408 g/mol. The quantitative estimate of drug-likeness (QED) is 0.679. The number of urea groups is 1. The van der Waals surface area contributed by atoms with Crippen molar-refractivity contribution in [3.05, 3.63) is 29.1 Å². The molecule has 0 saturated carbocycles. The molecule has 2 aromatic rings. The number of amides is 3. The second kappa shape index (κ2) is 8.50. The molecular formula is C21H29ClN4O2S. The van der Waals surface area contributed by atoms with Crippen LogP contribution in [0.4, 0.5) is 10.5 Å². The van der Waals surface area contributed by atoms with Gasteiger partial charge < -0.3 is 20.9 Å². The van der Waals surface area contributed by atoms with Crippen LogP contribution in [0.2, 0.25) is 0 Å². The van der Waals surface area contributed by atoms with Gasteiger partial charge in [0.05, 0.1) is 4.88 Å². The van der Waals surface area contributed by atoms with E-state index in [2.05, 4.69) is 20.9 Å². The Labute approximate surface area is 181 Å². The monoisotopic (exact) mass is 436 g/mol. The second-order valence-corrected chi connectivity index (χ2v) is 9.99. The lowest BCUT2D eigenvalue weighted by molar-refractivity contribution is 0.0622. The summed E-state index contributed by atoms with van der Waals surface area (Å²) in [5.41, 5.74) is 0.429. The van der Waals surface area contributed by atoms with E-state index in [0.29, 0.717) is 5.92 Å². The number of thiophene rings is 1. The number of carbonyl (C=O) groups is 2. The number of hydrogen-bond donors (Lipinski definition) is 3. The van der Waals surface area contributed by atoms with E-state index in [1.54, 1.807) is 0 Å². The molecule has 4 heterocycles. The van der Waals surface area contributed by atoms with Crippen molar-refractivity contribution in [2.45, 2.75) is 45.2 Å². The third-order valence-electron chi connectivity index (χ3n) is 5.46. The first-order valence-corrected chi connectivity index (χ1v) is 10.7. The Hall–Kier alpha value is -1.83. The molecule has 2 bridgehead atoms. The molecule has 0 aliphatic carbocycles. The lowest BCUT2D eigenvalue weighted by atomic mass is 9.84. The van der Waals surface area contributed by atoms with Crippen LogP contribution in [0.1, 0.15) is 43.3 Å². The number of anilines is 1. The number of piperidine rings is 3. The van der Waals surface area contributed by atoms with E-state index in [1.165, 1.54) is 37.3 Å². The van der Waals surface area contributed by atoms with Crippen molar-refractivity contribution in [1.82, 2.24) is 15.5 Å². The van der Waals surface area contributed by atoms with Crippen molar-refractivity contribution in [3.8, 4) is 0 Å². The molecule has 3 fully saturated rings. The topological polar surface area (TPSA) is 73.5 Å². The lowest BCUT2D eigenvalue weighted by Crippen LogP contribution is -2.57. The first-order valence-electron chi connectivity index (χ1n) is 9.93. The highest BCUT2D eigenvalue weighted by molar-refractivity contribution is 7.20. The highest BCUT2D eigenvalue weighted by atomic mass is 35.5. The van der Waals surface area contributed by atoms with E-state index in [1.807, 2.05) is 45.0 Å². The van der Waals surface area contributed by atoms with E-state index in [-0.39, 0.29) is 35.9 Å². The molecule has 1 aromatic heterocycles. The zero-order valence-electron chi connectivity index (χ0n) is 17.1. The van der Waals surface area contributed by atoms with Crippen LogP contribution in [0.25, 0.3) is 10.1 Å². The van der Waals surface area contributed by atoms with Crippen LogP contribution in [-0.2, 0) is 0 Å². The number of carbonyl (C=O) groups excluding carboxylic acids is 2. The zero-order valence-corrected chi connectivity index (χ0v) is 18.7. The number of benzene rings is 1. The summed E-state index contributed by atoms with van der Waals surface area (Å²) in [7, 11) is 0. The maximum absolute atomic E-state index is 12.8. The van der Waals surface area contributed by atoms with Gasteiger partial charge >= 0.3 is 6.03 Å². The summed E-state index contributed by atoms with van der Waals surface area (Å²) in [6.45, 7) is 9.12. The minimum atomic E-state index is -0.294. The molecule has 5 rings (SSSR count). The van der Waals surface area contributed by atoms with Crippen LogP contribution in [-0.4, -0.2) is 48.1 Å². The van der Waals surface area contributed by atoms with Crippen LogP contribution in [0.15, 0.2) is 24.3 Å². The van der Waals surface area contributed by atoms with E-state index >= 15 is 0 Å². The molecule has 8 heteroatoms. The van der Waals surface area contributed by atoms with Gasteiger partial charge in [0, 0.05) is 28.5 Å². The molecule has 6 nitrogen and oxygen atoms in total.